The molecule has 0 aliphatic heterocycles. The molecule has 0 saturated heterocycles. The number of aromatic nitrogens is 2. The summed E-state index contributed by atoms with van der Waals surface area (Å²) in [6.45, 7) is 2.13. The van der Waals surface area contributed by atoms with Crippen molar-refractivity contribution in [2.24, 2.45) is 4.99 Å². The summed E-state index contributed by atoms with van der Waals surface area (Å²) >= 11 is 0. The van der Waals surface area contributed by atoms with E-state index in [2.05, 4.69) is 30.3 Å². The zero-order valence-electron chi connectivity index (χ0n) is 14.1. The summed E-state index contributed by atoms with van der Waals surface area (Å²) in [5, 5.41) is 31.4. The van der Waals surface area contributed by atoms with Crippen molar-refractivity contribution >= 4 is 24.9 Å². The van der Waals surface area contributed by atoms with Crippen LogP contribution < -0.4 is 15.9 Å². The van der Waals surface area contributed by atoms with E-state index in [4.69, 9.17) is 9.79 Å². The average Bonchev–Trinajstić information content (AvgIpc) is 3.12. The second-order valence-electron chi connectivity index (χ2n) is 5.06. The van der Waals surface area contributed by atoms with Crippen molar-refractivity contribution < 1.29 is 18.9 Å². The Labute approximate surface area is 149 Å². The number of nitriles is 1. The van der Waals surface area contributed by atoms with Gasteiger partial charge in [0.05, 0.1) is 17.3 Å². The molecular weight excluding hydrogens is 361 g/mol. The highest BCUT2D eigenvalue weighted by atomic mass is 31.2. The monoisotopic (exact) mass is 379 g/mol. The lowest BCUT2D eigenvalue weighted by Gasteiger charge is -2.12. The largest absolute Gasteiger partial charge is 0.364 e. The van der Waals surface area contributed by atoms with Gasteiger partial charge >= 0.3 is 0 Å². The van der Waals surface area contributed by atoms with Gasteiger partial charge in [0, 0.05) is 26.9 Å². The summed E-state index contributed by atoms with van der Waals surface area (Å²) < 4.78 is 21.2. The third-order valence-corrected chi connectivity index (χ3v) is 4.69. The van der Waals surface area contributed by atoms with E-state index in [9.17, 15) is 9.77 Å². The Morgan fingerprint density at radius 2 is 2.27 bits per heavy atom. The highest BCUT2D eigenvalue weighted by molar-refractivity contribution is 7.56. The van der Waals surface area contributed by atoms with E-state index in [1.54, 1.807) is 24.3 Å². The maximum Gasteiger partial charge on any atom is 0.266 e. The molecule has 1 aromatic heterocycles. The van der Waals surface area contributed by atoms with Gasteiger partial charge in [-0.15, -0.1) is 0 Å². The molecule has 2 rings (SSSR count). The first-order valence-electron chi connectivity index (χ1n) is 7.43. The summed E-state index contributed by atoms with van der Waals surface area (Å²) in [5.74, 6) is 0.210. The van der Waals surface area contributed by atoms with Crippen LogP contribution in [-0.2, 0) is 9.09 Å². The van der Waals surface area contributed by atoms with Crippen molar-refractivity contribution in [3.8, 4) is 6.07 Å². The van der Waals surface area contributed by atoms with Crippen molar-refractivity contribution in [3.05, 3.63) is 35.5 Å². The molecule has 1 unspecified atom stereocenters. The summed E-state index contributed by atoms with van der Waals surface area (Å²) in [6.07, 6.45) is 0. The first kappa shape index (κ1) is 19.6. The van der Waals surface area contributed by atoms with Crippen LogP contribution in [0.25, 0.3) is 0 Å². The molecule has 0 spiro atoms. The third-order valence-electron chi connectivity index (χ3n) is 3.20. The molecule has 0 bridgehead atoms. The maximum atomic E-state index is 11.7. The van der Waals surface area contributed by atoms with Crippen molar-refractivity contribution in [1.29, 1.82) is 5.26 Å². The highest BCUT2D eigenvalue weighted by Gasteiger charge is 2.17. The lowest BCUT2D eigenvalue weighted by Crippen LogP contribution is -2.24. The molecule has 138 valence electrons. The topological polar surface area (TPSA) is 158 Å². The lowest BCUT2D eigenvalue weighted by molar-refractivity contribution is 0.234. The zero-order chi connectivity index (χ0) is 19.0. The van der Waals surface area contributed by atoms with E-state index in [0.717, 1.165) is 0 Å². The molecule has 4 N–H and O–H groups in total. The number of nitrogens with zero attached hydrogens (tertiary/aromatic N) is 4. The fourth-order valence-corrected chi connectivity index (χ4v) is 2.52. The molecule has 0 aliphatic carbocycles. The predicted octanol–water partition coefficient (Wildman–Crippen LogP) is 1.47. The van der Waals surface area contributed by atoms with E-state index in [0.29, 0.717) is 24.3 Å². The van der Waals surface area contributed by atoms with Gasteiger partial charge < -0.3 is 9.84 Å². The van der Waals surface area contributed by atoms with Gasteiger partial charge in [0.2, 0.25) is 5.82 Å². The van der Waals surface area contributed by atoms with Crippen LogP contribution >= 0.6 is 7.52 Å². The molecule has 12 heteroatoms. The third kappa shape index (κ3) is 5.37. The van der Waals surface area contributed by atoms with Crippen LogP contribution in [0.5, 0.6) is 0 Å². The van der Waals surface area contributed by atoms with Crippen LogP contribution in [0.2, 0.25) is 0 Å². The second-order valence-corrected chi connectivity index (χ2v) is 7.43. The highest BCUT2D eigenvalue weighted by Crippen LogP contribution is 2.35. The minimum Gasteiger partial charge on any atom is -0.364 e. The van der Waals surface area contributed by atoms with Crippen LogP contribution in [0, 0.1) is 11.3 Å². The Kier molecular flexibility index (Phi) is 6.82. The first-order valence-corrected chi connectivity index (χ1v) is 9.50. The minimum atomic E-state index is -2.82. The number of nitrogens with one attached hydrogen (secondary N) is 3. The Balaban J connectivity index is 2.10. The maximum absolute atomic E-state index is 11.7. The smallest absolute Gasteiger partial charge is 0.266 e. The van der Waals surface area contributed by atoms with E-state index >= 15 is 0 Å². The van der Waals surface area contributed by atoms with Gasteiger partial charge in [0.15, 0.2) is 11.5 Å². The van der Waals surface area contributed by atoms with Gasteiger partial charge in [-0.3, -0.25) is 15.3 Å². The van der Waals surface area contributed by atoms with Crippen LogP contribution in [0.4, 0.5) is 11.5 Å². The Hall–Kier alpha value is -2.77. The summed E-state index contributed by atoms with van der Waals surface area (Å²) in [7, 11) is -1.46. The molecule has 26 heavy (non-hydrogen) atoms. The average molecular weight is 379 g/mol. The number of hydroxylamine groups is 1. The molecule has 11 nitrogen and oxygen atoms in total. The normalized spacial score (nSPS) is 13.7. The van der Waals surface area contributed by atoms with Crippen molar-refractivity contribution in [2.75, 3.05) is 32.2 Å². The summed E-state index contributed by atoms with van der Waals surface area (Å²) in [5.41, 5.74) is 2.94. The fraction of sp³-hybridized carbons (Fsp3) is 0.286. The molecule has 1 heterocycles. The molecule has 1 atom stereocenters. The predicted molar refractivity (Wildman–Crippen MR) is 93.6 cm³/mol. The minimum absolute atomic E-state index is 0.0187. The summed E-state index contributed by atoms with van der Waals surface area (Å²) in [4.78, 5) is 4.19. The molecule has 0 saturated carbocycles. The molecule has 0 fully saturated rings. The number of amidine groups is 1. The van der Waals surface area contributed by atoms with E-state index in [1.165, 1.54) is 13.8 Å². The van der Waals surface area contributed by atoms with E-state index in [1.807, 2.05) is 11.5 Å². The first-order chi connectivity index (χ1) is 12.5. The van der Waals surface area contributed by atoms with Crippen molar-refractivity contribution in [1.82, 2.24) is 20.9 Å². The quantitative estimate of drug-likeness (QED) is 0.174. The number of benzene rings is 1. The molecule has 0 radical (unpaired) electrons. The number of hydrogen-bond acceptors (Lipinski definition) is 9. The Morgan fingerprint density at radius 3 is 2.96 bits per heavy atom. The molecular formula is C14H18N7O4P. The van der Waals surface area contributed by atoms with Crippen LogP contribution in [-0.4, -0.2) is 48.2 Å². The van der Waals surface area contributed by atoms with Crippen LogP contribution in [0.15, 0.2) is 33.9 Å². The van der Waals surface area contributed by atoms with Crippen molar-refractivity contribution in [2.45, 2.75) is 0 Å². The van der Waals surface area contributed by atoms with Gasteiger partial charge in [-0.05, 0) is 28.5 Å². The molecule has 0 amide bonds. The fourth-order valence-electron chi connectivity index (χ4n) is 1.87. The van der Waals surface area contributed by atoms with Gasteiger partial charge in [-0.1, -0.05) is 6.07 Å². The number of rotatable bonds is 8. The molecule has 1 aromatic carbocycles. The summed E-state index contributed by atoms with van der Waals surface area (Å²) in [6, 6.07) is 8.51. The van der Waals surface area contributed by atoms with E-state index in [-0.39, 0.29) is 17.3 Å². The van der Waals surface area contributed by atoms with Crippen LogP contribution in [0.3, 0.4) is 0 Å². The standard InChI is InChI=1S/C14H18N7O4P/c1-24-26(2,23)17-7-6-16-13-12(20-25-21-13)14(19-22)18-11-5-3-4-10(8-11)9-15/h3-5,8,22H,6-7H2,1-2H3,(H,16,21)(H,17,23)(H,18,19). The van der Waals surface area contributed by atoms with Gasteiger partial charge in [0.25, 0.3) is 7.52 Å². The van der Waals surface area contributed by atoms with Gasteiger partial charge in [-0.2, -0.15) is 5.26 Å². The lowest BCUT2D eigenvalue weighted by atomic mass is 10.2. The number of hydrogen-bond donors (Lipinski definition) is 4. The number of aliphatic imine (C=N–C) groups is 1. The second kappa shape index (κ2) is 9.07. The van der Waals surface area contributed by atoms with E-state index < -0.39 is 7.52 Å². The molecule has 0 aliphatic rings. The number of anilines is 1. The van der Waals surface area contributed by atoms with Crippen LogP contribution in [0.1, 0.15) is 11.3 Å². The zero-order valence-corrected chi connectivity index (χ0v) is 15.0. The van der Waals surface area contributed by atoms with Gasteiger partial charge in [0.1, 0.15) is 0 Å². The Bertz CT molecular complexity index is 861. The molecule has 2 aromatic rings. The SMILES string of the molecule is COP(C)(=O)NCCNc1nonc1C(=Nc1cccc(C#N)c1)NO. The van der Waals surface area contributed by atoms with Gasteiger partial charge in [-0.25, -0.2) is 14.7 Å². The van der Waals surface area contributed by atoms with Crippen molar-refractivity contribution in [3.63, 3.8) is 0 Å². The Morgan fingerprint density at radius 1 is 1.46 bits per heavy atom.